The Bertz CT molecular complexity index is 1140. The van der Waals surface area contributed by atoms with Gasteiger partial charge in [0.1, 0.15) is 23.2 Å². The van der Waals surface area contributed by atoms with Crippen molar-refractivity contribution in [3.63, 3.8) is 0 Å². The molecule has 3 aromatic rings. The molecular weight excluding hydrogens is 406 g/mol. The second-order valence-electron chi connectivity index (χ2n) is 6.19. The fraction of sp³-hybridized carbons (Fsp3) is 0.136. The number of halogens is 1. The Kier molecular flexibility index (Phi) is 6.52. The summed E-state index contributed by atoms with van der Waals surface area (Å²) in [5, 5.41) is 10.1. The van der Waals surface area contributed by atoms with Gasteiger partial charge >= 0.3 is 5.97 Å². The maximum atomic E-state index is 11.9. The average Bonchev–Trinajstić information content (AvgIpc) is 2.76. The molecule has 1 heterocycles. The highest BCUT2D eigenvalue weighted by atomic mass is 35.5. The van der Waals surface area contributed by atoms with Gasteiger partial charge in [-0.15, -0.1) is 0 Å². The van der Waals surface area contributed by atoms with E-state index in [2.05, 4.69) is 11.1 Å². The summed E-state index contributed by atoms with van der Waals surface area (Å²) in [6.07, 6.45) is 0. The fourth-order valence-electron chi connectivity index (χ4n) is 2.93. The molecule has 0 fully saturated rings. The Balaban J connectivity index is 2.19. The van der Waals surface area contributed by atoms with Crippen molar-refractivity contribution < 1.29 is 19.0 Å². The quantitative estimate of drug-likeness (QED) is 0.465. The van der Waals surface area contributed by atoms with Crippen LogP contribution in [0, 0.1) is 11.3 Å². The van der Waals surface area contributed by atoms with Crippen molar-refractivity contribution in [3.8, 4) is 34.2 Å². The summed E-state index contributed by atoms with van der Waals surface area (Å²) in [4.78, 5) is 16.3. The third-order valence-corrected chi connectivity index (χ3v) is 4.54. The molecule has 0 spiro atoms. The molecule has 2 aromatic carbocycles. The molecule has 30 heavy (non-hydrogen) atoms. The lowest BCUT2D eigenvalue weighted by Crippen LogP contribution is -2.04. The number of nitrogen functional groups attached to an aromatic ring is 1. The largest absolute Gasteiger partial charge is 0.467 e. The number of hydrogen-bond donors (Lipinski definition) is 1. The molecule has 0 unspecified atom stereocenters. The van der Waals surface area contributed by atoms with E-state index in [1.807, 2.05) is 0 Å². The summed E-state index contributed by atoms with van der Waals surface area (Å²) < 4.78 is 15.4. The molecule has 0 bridgehead atoms. The zero-order valence-corrected chi connectivity index (χ0v) is 17.1. The minimum atomic E-state index is -0.481. The van der Waals surface area contributed by atoms with Gasteiger partial charge in [-0.1, -0.05) is 23.7 Å². The third kappa shape index (κ3) is 4.35. The van der Waals surface area contributed by atoms with Gasteiger partial charge in [0.2, 0.25) is 0 Å². The lowest BCUT2D eigenvalue weighted by molar-refractivity contribution is 0.0515. The van der Waals surface area contributed by atoms with Gasteiger partial charge in [-0.25, -0.2) is 9.78 Å². The summed E-state index contributed by atoms with van der Waals surface area (Å²) in [6.45, 7) is 0.0210. The van der Waals surface area contributed by atoms with E-state index in [1.165, 1.54) is 14.2 Å². The summed E-state index contributed by atoms with van der Waals surface area (Å²) in [6, 6.07) is 15.6. The summed E-state index contributed by atoms with van der Waals surface area (Å²) in [7, 11) is 2.81. The lowest BCUT2D eigenvalue weighted by Gasteiger charge is -2.14. The summed E-state index contributed by atoms with van der Waals surface area (Å²) >= 11 is 6.10. The summed E-state index contributed by atoms with van der Waals surface area (Å²) in [5.74, 6) is 0.0295. The zero-order valence-electron chi connectivity index (χ0n) is 16.3. The first-order chi connectivity index (χ1) is 14.5. The maximum Gasteiger partial charge on any atom is 0.337 e. The first kappa shape index (κ1) is 21.1. The predicted octanol–water partition coefficient (Wildman–Crippen LogP) is 4.29. The molecule has 2 N–H and O–H groups in total. The van der Waals surface area contributed by atoms with E-state index in [-0.39, 0.29) is 18.2 Å². The number of carbonyl (C=O) groups is 1. The van der Waals surface area contributed by atoms with Crippen molar-refractivity contribution in [3.05, 3.63) is 64.7 Å². The van der Waals surface area contributed by atoms with E-state index >= 15 is 0 Å². The molecule has 3 rings (SSSR count). The van der Waals surface area contributed by atoms with Crippen LogP contribution < -0.4 is 10.5 Å². The molecule has 0 saturated heterocycles. The number of methoxy groups -OCH3 is 2. The number of rotatable bonds is 6. The van der Waals surface area contributed by atoms with Crippen molar-refractivity contribution in [2.75, 3.05) is 26.7 Å². The molecule has 0 atom stereocenters. The maximum absolute atomic E-state index is 11.9. The normalized spacial score (nSPS) is 10.3. The number of aromatic nitrogens is 1. The Labute approximate surface area is 178 Å². The van der Waals surface area contributed by atoms with Gasteiger partial charge in [0, 0.05) is 23.3 Å². The second-order valence-corrected chi connectivity index (χ2v) is 6.63. The SMILES string of the molecule is COCOc1cc(Cl)ccc1-c1cc(-c2cccc(C(=O)OC)c2)c(C#N)c(N)n1. The van der Waals surface area contributed by atoms with Crippen molar-refractivity contribution in [1.29, 1.82) is 5.26 Å². The van der Waals surface area contributed by atoms with Gasteiger partial charge < -0.3 is 19.9 Å². The highest BCUT2D eigenvalue weighted by Gasteiger charge is 2.17. The van der Waals surface area contributed by atoms with Crippen LogP contribution in [0.25, 0.3) is 22.4 Å². The van der Waals surface area contributed by atoms with Crippen molar-refractivity contribution in [2.24, 2.45) is 0 Å². The molecule has 0 amide bonds. The van der Waals surface area contributed by atoms with Gasteiger partial charge in [-0.3, -0.25) is 0 Å². The minimum absolute atomic E-state index is 0.0210. The fourth-order valence-corrected chi connectivity index (χ4v) is 3.09. The monoisotopic (exact) mass is 423 g/mol. The number of carbonyl (C=O) groups excluding carboxylic acids is 1. The Morgan fingerprint density at radius 1 is 1.17 bits per heavy atom. The first-order valence-corrected chi connectivity index (χ1v) is 9.17. The molecular formula is C22H18ClN3O4. The number of pyridine rings is 1. The van der Waals surface area contributed by atoms with Crippen LogP contribution in [-0.2, 0) is 9.47 Å². The molecule has 0 aliphatic heterocycles. The molecule has 7 nitrogen and oxygen atoms in total. The zero-order chi connectivity index (χ0) is 21.7. The molecule has 0 aliphatic carbocycles. The second kappa shape index (κ2) is 9.27. The first-order valence-electron chi connectivity index (χ1n) is 8.79. The van der Waals surface area contributed by atoms with Gasteiger partial charge in [-0.2, -0.15) is 5.26 Å². The number of ether oxygens (including phenoxy) is 3. The van der Waals surface area contributed by atoms with Crippen LogP contribution in [-0.4, -0.2) is 32.0 Å². The number of hydrogen-bond acceptors (Lipinski definition) is 7. The molecule has 1 aromatic heterocycles. The van der Waals surface area contributed by atoms with E-state index in [0.29, 0.717) is 38.7 Å². The number of nitrogens with zero attached hydrogens (tertiary/aromatic N) is 2. The van der Waals surface area contributed by atoms with Crippen LogP contribution in [0.1, 0.15) is 15.9 Å². The Morgan fingerprint density at radius 2 is 1.97 bits per heavy atom. The Morgan fingerprint density at radius 3 is 2.67 bits per heavy atom. The molecule has 0 saturated carbocycles. The number of nitrogens with two attached hydrogens (primary N) is 1. The van der Waals surface area contributed by atoms with Gasteiger partial charge in [0.05, 0.1) is 18.4 Å². The van der Waals surface area contributed by atoms with E-state index in [0.717, 1.165) is 0 Å². The van der Waals surface area contributed by atoms with Crippen LogP contribution >= 0.6 is 11.6 Å². The average molecular weight is 424 g/mol. The molecule has 0 radical (unpaired) electrons. The van der Waals surface area contributed by atoms with Crippen molar-refractivity contribution in [2.45, 2.75) is 0 Å². The molecule has 8 heteroatoms. The smallest absolute Gasteiger partial charge is 0.337 e. The molecule has 0 aliphatic rings. The van der Waals surface area contributed by atoms with Crippen molar-refractivity contribution in [1.82, 2.24) is 4.98 Å². The van der Waals surface area contributed by atoms with Crippen LogP contribution in [0.3, 0.4) is 0 Å². The number of nitriles is 1. The molecule has 152 valence electrons. The standard InChI is InChI=1S/C22H18ClN3O4/c1-28-12-30-20-9-15(23)6-7-16(20)19-10-17(18(11-24)21(25)26-19)13-4-3-5-14(8-13)22(27)29-2/h3-10H,12H2,1-2H3,(H2,25,26). The highest BCUT2D eigenvalue weighted by molar-refractivity contribution is 6.30. The third-order valence-electron chi connectivity index (χ3n) is 4.31. The van der Waals surface area contributed by atoms with Crippen LogP contribution in [0.2, 0.25) is 5.02 Å². The number of anilines is 1. The van der Waals surface area contributed by atoms with E-state index in [9.17, 15) is 10.1 Å². The number of benzene rings is 2. The minimum Gasteiger partial charge on any atom is -0.467 e. The topological polar surface area (TPSA) is 107 Å². The van der Waals surface area contributed by atoms with Gasteiger partial charge in [0.25, 0.3) is 0 Å². The van der Waals surface area contributed by atoms with Gasteiger partial charge in [0.15, 0.2) is 6.79 Å². The van der Waals surface area contributed by atoms with Crippen LogP contribution in [0.15, 0.2) is 48.5 Å². The van der Waals surface area contributed by atoms with E-state index in [1.54, 1.807) is 48.5 Å². The Hall–Kier alpha value is -3.60. The van der Waals surface area contributed by atoms with Crippen molar-refractivity contribution >= 4 is 23.4 Å². The van der Waals surface area contributed by atoms with E-state index in [4.69, 9.17) is 31.5 Å². The lowest BCUT2D eigenvalue weighted by atomic mass is 9.97. The van der Waals surface area contributed by atoms with Crippen LogP contribution in [0.4, 0.5) is 5.82 Å². The predicted molar refractivity (Wildman–Crippen MR) is 113 cm³/mol. The highest BCUT2D eigenvalue weighted by Crippen LogP contribution is 2.36. The van der Waals surface area contributed by atoms with E-state index < -0.39 is 5.97 Å². The number of esters is 1. The van der Waals surface area contributed by atoms with Gasteiger partial charge in [-0.05, 0) is 42.0 Å². The summed E-state index contributed by atoms with van der Waals surface area (Å²) in [5.41, 5.74) is 8.90. The van der Waals surface area contributed by atoms with Crippen LogP contribution in [0.5, 0.6) is 5.75 Å².